The Morgan fingerprint density at radius 1 is 1.50 bits per heavy atom. The van der Waals surface area contributed by atoms with Crippen molar-refractivity contribution in [1.82, 2.24) is 9.21 Å². The summed E-state index contributed by atoms with van der Waals surface area (Å²) >= 11 is 0. The number of likely N-dealkylation sites (tertiary alicyclic amines) is 1. The van der Waals surface area contributed by atoms with Crippen LogP contribution in [0.2, 0.25) is 0 Å². The first kappa shape index (κ1) is 13.4. The van der Waals surface area contributed by atoms with Gasteiger partial charge in [0.2, 0.25) is 15.9 Å². The number of rotatable bonds is 3. The Morgan fingerprint density at radius 3 is 2.62 bits per heavy atom. The van der Waals surface area contributed by atoms with Crippen molar-refractivity contribution in [2.24, 2.45) is 5.92 Å². The molecule has 1 amide bonds. The van der Waals surface area contributed by atoms with E-state index in [1.54, 1.807) is 18.9 Å². The van der Waals surface area contributed by atoms with Gasteiger partial charge in [-0.3, -0.25) is 4.79 Å². The highest BCUT2D eigenvalue weighted by atomic mass is 32.2. The van der Waals surface area contributed by atoms with Gasteiger partial charge < -0.3 is 4.90 Å². The van der Waals surface area contributed by atoms with Crippen molar-refractivity contribution in [3.8, 4) is 0 Å². The van der Waals surface area contributed by atoms with E-state index in [2.05, 4.69) is 0 Å². The summed E-state index contributed by atoms with van der Waals surface area (Å²) in [5.41, 5.74) is 0. The molecule has 1 heterocycles. The Hall–Kier alpha value is -0.620. The van der Waals surface area contributed by atoms with Gasteiger partial charge in [0, 0.05) is 33.6 Å². The van der Waals surface area contributed by atoms with Crippen molar-refractivity contribution in [1.29, 1.82) is 0 Å². The van der Waals surface area contributed by atoms with Crippen molar-refractivity contribution < 1.29 is 13.2 Å². The molecule has 0 spiro atoms. The van der Waals surface area contributed by atoms with Crippen LogP contribution in [0.1, 0.15) is 19.8 Å². The number of amides is 1. The fourth-order valence-electron chi connectivity index (χ4n) is 2.00. The molecule has 0 radical (unpaired) electrons. The lowest BCUT2D eigenvalue weighted by molar-refractivity contribution is -0.130. The second kappa shape index (κ2) is 5.14. The van der Waals surface area contributed by atoms with Gasteiger partial charge in [-0.15, -0.1) is 0 Å². The van der Waals surface area contributed by atoms with Crippen molar-refractivity contribution in [3.05, 3.63) is 0 Å². The third kappa shape index (κ3) is 3.75. The van der Waals surface area contributed by atoms with Crippen LogP contribution in [-0.4, -0.2) is 56.5 Å². The third-order valence-corrected chi connectivity index (χ3v) is 4.33. The zero-order chi connectivity index (χ0) is 12.3. The second-order valence-electron chi connectivity index (χ2n) is 4.52. The predicted molar refractivity (Wildman–Crippen MR) is 62.5 cm³/mol. The Balaban J connectivity index is 2.52. The SMILES string of the molecule is CC(=O)N1CCCC(CN(C)S(C)(=O)=O)C1. The van der Waals surface area contributed by atoms with Gasteiger partial charge in [-0.05, 0) is 18.8 Å². The monoisotopic (exact) mass is 248 g/mol. The summed E-state index contributed by atoms with van der Waals surface area (Å²) in [6.07, 6.45) is 3.16. The lowest BCUT2D eigenvalue weighted by Crippen LogP contribution is -2.43. The van der Waals surface area contributed by atoms with Crippen LogP contribution in [0.5, 0.6) is 0 Å². The minimum Gasteiger partial charge on any atom is -0.343 e. The van der Waals surface area contributed by atoms with E-state index >= 15 is 0 Å². The van der Waals surface area contributed by atoms with Gasteiger partial charge in [-0.1, -0.05) is 0 Å². The maximum atomic E-state index is 11.3. The van der Waals surface area contributed by atoms with E-state index in [-0.39, 0.29) is 11.8 Å². The van der Waals surface area contributed by atoms with Crippen LogP contribution in [0.15, 0.2) is 0 Å². The number of hydrogen-bond acceptors (Lipinski definition) is 3. The average molecular weight is 248 g/mol. The molecule has 1 aliphatic heterocycles. The first-order valence-corrected chi connectivity index (χ1v) is 7.32. The summed E-state index contributed by atoms with van der Waals surface area (Å²) in [7, 11) is -1.52. The molecule has 6 heteroatoms. The standard InChI is InChI=1S/C10H20N2O3S/c1-9(13)12-6-4-5-10(8-12)7-11(2)16(3,14)15/h10H,4-8H2,1-3H3. The Kier molecular flexibility index (Phi) is 4.32. The molecule has 16 heavy (non-hydrogen) atoms. The highest BCUT2D eigenvalue weighted by molar-refractivity contribution is 7.88. The quantitative estimate of drug-likeness (QED) is 0.713. The van der Waals surface area contributed by atoms with Gasteiger partial charge in [-0.25, -0.2) is 12.7 Å². The van der Waals surface area contributed by atoms with Crippen LogP contribution in [0.4, 0.5) is 0 Å². The molecule has 1 atom stereocenters. The van der Waals surface area contributed by atoms with E-state index in [9.17, 15) is 13.2 Å². The maximum absolute atomic E-state index is 11.3. The van der Waals surface area contributed by atoms with Gasteiger partial charge in [0.1, 0.15) is 0 Å². The van der Waals surface area contributed by atoms with Crippen LogP contribution in [0, 0.1) is 5.92 Å². The summed E-state index contributed by atoms with van der Waals surface area (Å²) in [5, 5.41) is 0. The Morgan fingerprint density at radius 2 is 2.12 bits per heavy atom. The summed E-state index contributed by atoms with van der Waals surface area (Å²) in [6.45, 7) is 3.54. The van der Waals surface area contributed by atoms with Gasteiger partial charge in [0.05, 0.1) is 6.26 Å². The highest BCUT2D eigenvalue weighted by Crippen LogP contribution is 2.18. The number of carbonyl (C=O) groups is 1. The van der Waals surface area contributed by atoms with E-state index in [4.69, 9.17) is 0 Å². The minimum atomic E-state index is -3.11. The smallest absolute Gasteiger partial charge is 0.219 e. The van der Waals surface area contributed by atoms with Crippen molar-refractivity contribution in [2.75, 3.05) is 32.9 Å². The number of carbonyl (C=O) groups excluding carboxylic acids is 1. The Bertz CT molecular complexity index is 353. The van der Waals surface area contributed by atoms with Crippen LogP contribution in [0.3, 0.4) is 0 Å². The first-order chi connectivity index (χ1) is 7.30. The summed E-state index contributed by atoms with van der Waals surface area (Å²) in [5.74, 6) is 0.337. The van der Waals surface area contributed by atoms with E-state index < -0.39 is 10.0 Å². The Labute approximate surface area is 97.5 Å². The molecule has 0 aromatic heterocycles. The van der Waals surface area contributed by atoms with E-state index in [0.717, 1.165) is 19.4 Å². The van der Waals surface area contributed by atoms with Gasteiger partial charge >= 0.3 is 0 Å². The van der Waals surface area contributed by atoms with Gasteiger partial charge in [0.25, 0.3) is 0 Å². The molecule has 94 valence electrons. The number of piperidine rings is 1. The molecule has 0 saturated carbocycles. The molecule has 1 aliphatic rings. The van der Waals surface area contributed by atoms with Crippen LogP contribution in [-0.2, 0) is 14.8 Å². The first-order valence-electron chi connectivity index (χ1n) is 5.47. The van der Waals surface area contributed by atoms with Gasteiger partial charge in [0.15, 0.2) is 0 Å². The maximum Gasteiger partial charge on any atom is 0.219 e. The molecule has 0 N–H and O–H groups in total. The molecule has 1 saturated heterocycles. The average Bonchev–Trinajstić information content (AvgIpc) is 2.16. The lowest BCUT2D eigenvalue weighted by Gasteiger charge is -2.33. The number of nitrogens with zero attached hydrogens (tertiary/aromatic N) is 2. The van der Waals surface area contributed by atoms with Crippen molar-refractivity contribution in [3.63, 3.8) is 0 Å². The molecule has 0 aromatic rings. The second-order valence-corrected chi connectivity index (χ2v) is 6.61. The number of hydrogen-bond donors (Lipinski definition) is 0. The topological polar surface area (TPSA) is 57.7 Å². The molecule has 1 unspecified atom stereocenters. The van der Waals surface area contributed by atoms with Crippen LogP contribution in [0.25, 0.3) is 0 Å². The van der Waals surface area contributed by atoms with Crippen LogP contribution < -0.4 is 0 Å². The third-order valence-electron chi connectivity index (χ3n) is 3.05. The molecular weight excluding hydrogens is 228 g/mol. The molecule has 5 nitrogen and oxygen atoms in total. The van der Waals surface area contributed by atoms with Gasteiger partial charge in [-0.2, -0.15) is 0 Å². The lowest BCUT2D eigenvalue weighted by atomic mass is 9.98. The fraction of sp³-hybridized carbons (Fsp3) is 0.900. The molecule has 1 rings (SSSR count). The highest BCUT2D eigenvalue weighted by Gasteiger charge is 2.24. The van der Waals surface area contributed by atoms with Crippen LogP contribution >= 0.6 is 0 Å². The summed E-state index contributed by atoms with van der Waals surface area (Å²) < 4.78 is 23.9. The number of sulfonamides is 1. The zero-order valence-corrected chi connectivity index (χ0v) is 11.0. The largest absolute Gasteiger partial charge is 0.343 e. The molecule has 1 fully saturated rings. The molecule has 0 aliphatic carbocycles. The van der Waals surface area contributed by atoms with E-state index in [1.807, 2.05) is 0 Å². The molecular formula is C10H20N2O3S. The fourth-order valence-corrected chi connectivity index (χ4v) is 2.48. The minimum absolute atomic E-state index is 0.0757. The van der Waals surface area contributed by atoms with Crippen molar-refractivity contribution in [2.45, 2.75) is 19.8 Å². The summed E-state index contributed by atoms with van der Waals surface area (Å²) in [4.78, 5) is 13.0. The van der Waals surface area contributed by atoms with E-state index in [0.29, 0.717) is 13.1 Å². The van der Waals surface area contributed by atoms with Crippen molar-refractivity contribution >= 4 is 15.9 Å². The predicted octanol–water partition coefficient (Wildman–Crippen LogP) is 0.136. The normalized spacial score (nSPS) is 22.5. The summed E-state index contributed by atoms with van der Waals surface area (Å²) in [6, 6.07) is 0. The van der Waals surface area contributed by atoms with E-state index in [1.165, 1.54) is 10.6 Å². The zero-order valence-electron chi connectivity index (χ0n) is 10.1. The molecule has 0 aromatic carbocycles. The molecule has 0 bridgehead atoms.